The maximum absolute atomic E-state index is 10.6. The minimum Gasteiger partial charge on any atom is -0.366 e. The number of nitrogens with zero attached hydrogens (tertiary/aromatic N) is 1. The van der Waals surface area contributed by atoms with Crippen LogP contribution in [0.4, 0.5) is 0 Å². The Morgan fingerprint density at radius 1 is 1.64 bits per heavy atom. The topological polar surface area (TPSA) is 73.1 Å². The zero-order valence-electron chi connectivity index (χ0n) is 5.57. The van der Waals surface area contributed by atoms with Gasteiger partial charge in [0.05, 0.1) is 11.1 Å². The van der Waals surface area contributed by atoms with E-state index in [0.717, 1.165) is 0 Å². The van der Waals surface area contributed by atoms with Crippen molar-refractivity contribution in [2.24, 2.45) is 5.73 Å². The number of nitrogens with two attached hydrogens (primary N) is 1. The van der Waals surface area contributed by atoms with Crippen molar-refractivity contribution < 1.29 is 9.59 Å². The SMILES string of the molecule is NC(=O)c1ccncc1[C]=O. The Labute approximate surface area is 63.0 Å². The maximum Gasteiger partial charge on any atom is 0.249 e. The van der Waals surface area contributed by atoms with Crippen molar-refractivity contribution in [3.63, 3.8) is 0 Å². The summed E-state index contributed by atoms with van der Waals surface area (Å²) < 4.78 is 0. The molecule has 55 valence electrons. The van der Waals surface area contributed by atoms with Gasteiger partial charge >= 0.3 is 0 Å². The number of aromatic nitrogens is 1. The number of hydrogen-bond donors (Lipinski definition) is 1. The van der Waals surface area contributed by atoms with E-state index in [0.29, 0.717) is 0 Å². The second-order valence-electron chi connectivity index (χ2n) is 1.89. The van der Waals surface area contributed by atoms with Crippen LogP contribution in [0.2, 0.25) is 0 Å². The van der Waals surface area contributed by atoms with Crippen molar-refractivity contribution in [3.05, 3.63) is 29.6 Å². The Hall–Kier alpha value is -1.71. The quantitative estimate of drug-likeness (QED) is 0.623. The van der Waals surface area contributed by atoms with E-state index in [2.05, 4.69) is 4.98 Å². The Bertz CT molecular complexity index is 296. The van der Waals surface area contributed by atoms with E-state index in [1.54, 1.807) is 6.29 Å². The first-order valence-corrected chi connectivity index (χ1v) is 2.87. The Morgan fingerprint density at radius 2 is 2.36 bits per heavy atom. The summed E-state index contributed by atoms with van der Waals surface area (Å²) in [5, 5.41) is 0. The van der Waals surface area contributed by atoms with Gasteiger partial charge in [-0.3, -0.25) is 14.6 Å². The highest BCUT2D eigenvalue weighted by molar-refractivity contribution is 6.00. The molecule has 0 aliphatic carbocycles. The highest BCUT2D eigenvalue weighted by Crippen LogP contribution is 2.01. The normalized spacial score (nSPS) is 9.09. The van der Waals surface area contributed by atoms with Crippen LogP contribution in [0.25, 0.3) is 0 Å². The predicted octanol–water partition coefficient (Wildman–Crippen LogP) is -0.362. The van der Waals surface area contributed by atoms with Crippen LogP contribution in [0, 0.1) is 0 Å². The lowest BCUT2D eigenvalue weighted by Gasteiger charge is -1.95. The fourth-order valence-electron chi connectivity index (χ4n) is 0.691. The van der Waals surface area contributed by atoms with E-state index in [4.69, 9.17) is 5.73 Å². The lowest BCUT2D eigenvalue weighted by Crippen LogP contribution is -2.13. The Kier molecular flexibility index (Phi) is 1.96. The van der Waals surface area contributed by atoms with Crippen LogP contribution < -0.4 is 5.73 Å². The molecule has 0 aliphatic rings. The monoisotopic (exact) mass is 149 g/mol. The van der Waals surface area contributed by atoms with Crippen molar-refractivity contribution in [1.29, 1.82) is 0 Å². The van der Waals surface area contributed by atoms with Gasteiger partial charge < -0.3 is 5.73 Å². The Balaban J connectivity index is 3.22. The number of pyridine rings is 1. The summed E-state index contributed by atoms with van der Waals surface area (Å²) in [4.78, 5) is 24.4. The molecule has 4 nitrogen and oxygen atoms in total. The first kappa shape index (κ1) is 7.40. The number of amides is 1. The third kappa shape index (κ3) is 1.40. The lowest BCUT2D eigenvalue weighted by molar-refractivity contribution is 0.1000. The molecular weight excluding hydrogens is 144 g/mol. The van der Waals surface area contributed by atoms with Crippen LogP contribution in [0.3, 0.4) is 0 Å². The molecule has 4 heteroatoms. The summed E-state index contributed by atoms with van der Waals surface area (Å²) in [6.45, 7) is 0. The number of hydrogen-bond acceptors (Lipinski definition) is 3. The molecular formula is C7H5N2O2. The van der Waals surface area contributed by atoms with Crippen molar-refractivity contribution in [1.82, 2.24) is 4.98 Å². The van der Waals surface area contributed by atoms with Crippen molar-refractivity contribution in [3.8, 4) is 0 Å². The summed E-state index contributed by atoms with van der Waals surface area (Å²) in [6, 6.07) is 1.38. The average Bonchev–Trinajstić information content (AvgIpc) is 2.04. The van der Waals surface area contributed by atoms with Gasteiger partial charge in [0.2, 0.25) is 12.2 Å². The summed E-state index contributed by atoms with van der Waals surface area (Å²) in [5.41, 5.74) is 5.19. The number of carbonyl (C=O) groups excluding carboxylic acids is 2. The van der Waals surface area contributed by atoms with Crippen LogP contribution in [-0.4, -0.2) is 17.2 Å². The van der Waals surface area contributed by atoms with E-state index < -0.39 is 5.91 Å². The van der Waals surface area contributed by atoms with Crippen molar-refractivity contribution >= 4 is 12.2 Å². The van der Waals surface area contributed by atoms with E-state index in [1.807, 2.05) is 0 Å². The standard InChI is InChI=1S/C7H5N2O2/c8-7(11)6-1-2-9-3-5(6)4-10/h1-3H,(H2,8,11). The molecule has 1 aromatic rings. The van der Waals surface area contributed by atoms with Crippen LogP contribution in [-0.2, 0) is 4.79 Å². The summed E-state index contributed by atoms with van der Waals surface area (Å²) in [6.07, 6.45) is 4.20. The van der Waals surface area contributed by atoms with E-state index in [-0.39, 0.29) is 11.1 Å². The summed E-state index contributed by atoms with van der Waals surface area (Å²) in [7, 11) is 0. The van der Waals surface area contributed by atoms with Crippen molar-refractivity contribution in [2.45, 2.75) is 0 Å². The van der Waals surface area contributed by atoms with E-state index >= 15 is 0 Å². The fraction of sp³-hybridized carbons (Fsp3) is 0. The largest absolute Gasteiger partial charge is 0.366 e. The summed E-state index contributed by atoms with van der Waals surface area (Å²) >= 11 is 0. The minimum atomic E-state index is -0.647. The highest BCUT2D eigenvalue weighted by Gasteiger charge is 2.05. The molecule has 0 aromatic carbocycles. The van der Waals surface area contributed by atoms with Gasteiger partial charge in [-0.1, -0.05) is 0 Å². The first-order chi connectivity index (χ1) is 5.25. The molecule has 0 atom stereocenters. The van der Waals surface area contributed by atoms with Crippen LogP contribution in [0.1, 0.15) is 15.9 Å². The molecule has 1 aromatic heterocycles. The molecule has 0 saturated heterocycles. The average molecular weight is 149 g/mol. The van der Waals surface area contributed by atoms with Gasteiger partial charge in [0.25, 0.3) is 0 Å². The number of rotatable bonds is 2. The van der Waals surface area contributed by atoms with Gasteiger partial charge in [-0.2, -0.15) is 0 Å². The molecule has 0 saturated carbocycles. The zero-order chi connectivity index (χ0) is 8.27. The molecule has 0 bridgehead atoms. The summed E-state index contributed by atoms with van der Waals surface area (Å²) in [5.74, 6) is -0.647. The maximum atomic E-state index is 10.6. The van der Waals surface area contributed by atoms with Gasteiger partial charge in [0, 0.05) is 12.4 Å². The lowest BCUT2D eigenvalue weighted by atomic mass is 10.1. The molecule has 0 fully saturated rings. The molecule has 0 unspecified atom stereocenters. The molecule has 1 rings (SSSR count). The van der Waals surface area contributed by atoms with Gasteiger partial charge in [-0.05, 0) is 6.07 Å². The van der Waals surface area contributed by atoms with Crippen molar-refractivity contribution in [2.75, 3.05) is 0 Å². The van der Waals surface area contributed by atoms with E-state index in [1.165, 1.54) is 18.5 Å². The molecule has 1 heterocycles. The van der Waals surface area contributed by atoms with Crippen LogP contribution in [0.15, 0.2) is 18.5 Å². The molecule has 0 spiro atoms. The first-order valence-electron chi connectivity index (χ1n) is 2.87. The number of carbonyl (C=O) groups is 1. The second-order valence-corrected chi connectivity index (χ2v) is 1.89. The van der Waals surface area contributed by atoms with Crippen LogP contribution >= 0.6 is 0 Å². The fourth-order valence-corrected chi connectivity index (χ4v) is 0.691. The zero-order valence-corrected chi connectivity index (χ0v) is 5.57. The molecule has 1 radical (unpaired) electrons. The smallest absolute Gasteiger partial charge is 0.249 e. The second kappa shape index (κ2) is 2.92. The van der Waals surface area contributed by atoms with Gasteiger partial charge in [0.15, 0.2) is 0 Å². The van der Waals surface area contributed by atoms with E-state index in [9.17, 15) is 9.59 Å². The molecule has 1 amide bonds. The molecule has 2 N–H and O–H groups in total. The van der Waals surface area contributed by atoms with Gasteiger partial charge in [-0.25, -0.2) is 0 Å². The minimum absolute atomic E-state index is 0.0972. The van der Waals surface area contributed by atoms with Gasteiger partial charge in [0.1, 0.15) is 0 Å². The number of primary amides is 1. The Morgan fingerprint density at radius 3 is 2.82 bits per heavy atom. The van der Waals surface area contributed by atoms with Gasteiger partial charge in [-0.15, -0.1) is 0 Å². The third-order valence-corrected chi connectivity index (χ3v) is 1.20. The molecule has 0 aliphatic heterocycles. The predicted molar refractivity (Wildman–Crippen MR) is 37.6 cm³/mol. The highest BCUT2D eigenvalue weighted by atomic mass is 16.1. The third-order valence-electron chi connectivity index (χ3n) is 1.20. The van der Waals surface area contributed by atoms with Crippen LogP contribution in [0.5, 0.6) is 0 Å². The molecule has 11 heavy (non-hydrogen) atoms.